The SMILES string of the molecule is Cc1nc(CC(C)C)sc1C(=O)NCc1ccccc1OCCO. The van der Waals surface area contributed by atoms with Crippen molar-refractivity contribution in [3.63, 3.8) is 0 Å². The third-order valence-electron chi connectivity index (χ3n) is 3.39. The van der Waals surface area contributed by atoms with Crippen LogP contribution in [-0.2, 0) is 13.0 Å². The minimum atomic E-state index is -0.114. The van der Waals surface area contributed by atoms with Crippen LogP contribution in [0.1, 0.15) is 39.8 Å². The van der Waals surface area contributed by atoms with E-state index in [2.05, 4.69) is 24.1 Å². The van der Waals surface area contributed by atoms with E-state index in [1.165, 1.54) is 11.3 Å². The lowest BCUT2D eigenvalue weighted by molar-refractivity contribution is 0.0953. The molecule has 0 aliphatic rings. The second kappa shape index (κ2) is 8.80. The fourth-order valence-electron chi connectivity index (χ4n) is 2.30. The molecule has 0 aliphatic carbocycles. The second-order valence-corrected chi connectivity index (χ2v) is 7.07. The summed E-state index contributed by atoms with van der Waals surface area (Å²) in [5.74, 6) is 1.08. The van der Waals surface area contributed by atoms with Gasteiger partial charge in [-0.2, -0.15) is 0 Å². The Labute approximate surface area is 146 Å². The van der Waals surface area contributed by atoms with Gasteiger partial charge in [0.15, 0.2) is 0 Å². The van der Waals surface area contributed by atoms with Crippen molar-refractivity contribution in [2.24, 2.45) is 5.92 Å². The summed E-state index contributed by atoms with van der Waals surface area (Å²) in [5.41, 5.74) is 1.65. The van der Waals surface area contributed by atoms with E-state index in [9.17, 15) is 4.79 Å². The Morgan fingerprint density at radius 2 is 2.12 bits per heavy atom. The number of ether oxygens (including phenoxy) is 1. The van der Waals surface area contributed by atoms with Crippen LogP contribution < -0.4 is 10.1 Å². The smallest absolute Gasteiger partial charge is 0.263 e. The molecule has 0 saturated heterocycles. The van der Waals surface area contributed by atoms with Crippen molar-refractivity contribution < 1.29 is 14.6 Å². The molecule has 1 aromatic heterocycles. The van der Waals surface area contributed by atoms with E-state index in [0.717, 1.165) is 22.7 Å². The van der Waals surface area contributed by atoms with Gasteiger partial charge in [0.1, 0.15) is 17.2 Å². The van der Waals surface area contributed by atoms with E-state index in [0.29, 0.717) is 23.1 Å². The van der Waals surface area contributed by atoms with Crippen LogP contribution >= 0.6 is 11.3 Å². The average molecular weight is 348 g/mol. The highest BCUT2D eigenvalue weighted by atomic mass is 32.1. The number of carbonyl (C=O) groups excluding carboxylic acids is 1. The van der Waals surface area contributed by atoms with Crippen LogP contribution in [-0.4, -0.2) is 29.2 Å². The van der Waals surface area contributed by atoms with Crippen LogP contribution in [0.3, 0.4) is 0 Å². The molecule has 24 heavy (non-hydrogen) atoms. The molecule has 1 amide bonds. The Bertz CT molecular complexity index is 683. The summed E-state index contributed by atoms with van der Waals surface area (Å²) in [4.78, 5) is 17.6. The molecule has 130 valence electrons. The predicted octanol–water partition coefficient (Wildman–Crippen LogP) is 2.95. The zero-order chi connectivity index (χ0) is 17.5. The lowest BCUT2D eigenvalue weighted by atomic mass is 10.1. The molecule has 5 nitrogen and oxygen atoms in total. The molecule has 2 aromatic rings. The first-order valence-corrected chi connectivity index (χ1v) is 8.89. The number of para-hydroxylation sites is 1. The first kappa shape index (κ1) is 18.4. The number of hydrogen-bond acceptors (Lipinski definition) is 5. The quantitative estimate of drug-likeness (QED) is 0.769. The number of thiazole rings is 1. The fourth-order valence-corrected chi connectivity index (χ4v) is 3.49. The van der Waals surface area contributed by atoms with Crippen LogP contribution in [0.15, 0.2) is 24.3 Å². The van der Waals surface area contributed by atoms with Crippen molar-refractivity contribution >= 4 is 17.2 Å². The number of rotatable bonds is 8. The first-order chi connectivity index (χ1) is 11.5. The third-order valence-corrected chi connectivity index (χ3v) is 4.57. The summed E-state index contributed by atoms with van der Waals surface area (Å²) >= 11 is 1.46. The highest BCUT2D eigenvalue weighted by molar-refractivity contribution is 7.13. The number of aliphatic hydroxyl groups is 1. The number of aromatic nitrogens is 1. The number of nitrogens with one attached hydrogen (secondary N) is 1. The Balaban J connectivity index is 2.02. The van der Waals surface area contributed by atoms with E-state index in [1.54, 1.807) is 0 Å². The molecule has 0 fully saturated rings. The molecule has 2 N–H and O–H groups in total. The molecular weight excluding hydrogens is 324 g/mol. The van der Waals surface area contributed by atoms with Crippen molar-refractivity contribution in [2.45, 2.75) is 33.7 Å². The molecule has 0 unspecified atom stereocenters. The van der Waals surface area contributed by atoms with Gasteiger partial charge < -0.3 is 15.2 Å². The number of nitrogens with zero attached hydrogens (tertiary/aromatic N) is 1. The highest BCUT2D eigenvalue weighted by Gasteiger charge is 2.16. The van der Waals surface area contributed by atoms with Crippen LogP contribution in [0.2, 0.25) is 0 Å². The van der Waals surface area contributed by atoms with Gasteiger partial charge in [-0.1, -0.05) is 32.0 Å². The van der Waals surface area contributed by atoms with Crippen LogP contribution in [0.25, 0.3) is 0 Å². The van der Waals surface area contributed by atoms with Gasteiger partial charge in [-0.3, -0.25) is 4.79 Å². The molecule has 1 aromatic carbocycles. The van der Waals surface area contributed by atoms with E-state index < -0.39 is 0 Å². The Morgan fingerprint density at radius 3 is 2.83 bits per heavy atom. The molecule has 0 bridgehead atoms. The van der Waals surface area contributed by atoms with Gasteiger partial charge in [-0.15, -0.1) is 11.3 Å². The number of hydrogen-bond donors (Lipinski definition) is 2. The Kier molecular flexibility index (Phi) is 6.75. The van der Waals surface area contributed by atoms with Crippen molar-refractivity contribution in [1.82, 2.24) is 10.3 Å². The van der Waals surface area contributed by atoms with E-state index in [-0.39, 0.29) is 19.1 Å². The van der Waals surface area contributed by atoms with Gasteiger partial charge >= 0.3 is 0 Å². The zero-order valence-electron chi connectivity index (χ0n) is 14.3. The summed E-state index contributed by atoms with van der Waals surface area (Å²) in [6.07, 6.45) is 0.886. The topological polar surface area (TPSA) is 71.5 Å². The maximum absolute atomic E-state index is 12.4. The van der Waals surface area contributed by atoms with Crippen molar-refractivity contribution in [3.8, 4) is 5.75 Å². The van der Waals surface area contributed by atoms with E-state index in [1.807, 2.05) is 31.2 Å². The normalized spacial score (nSPS) is 10.9. The summed E-state index contributed by atoms with van der Waals surface area (Å²) < 4.78 is 5.48. The number of aliphatic hydroxyl groups excluding tert-OH is 1. The lowest BCUT2D eigenvalue weighted by Gasteiger charge is -2.11. The minimum Gasteiger partial charge on any atom is -0.491 e. The zero-order valence-corrected chi connectivity index (χ0v) is 15.2. The van der Waals surface area contributed by atoms with Crippen molar-refractivity contribution in [2.75, 3.05) is 13.2 Å². The maximum atomic E-state index is 12.4. The maximum Gasteiger partial charge on any atom is 0.263 e. The Morgan fingerprint density at radius 1 is 1.38 bits per heavy atom. The molecule has 2 rings (SSSR count). The van der Waals surface area contributed by atoms with Gasteiger partial charge in [-0.25, -0.2) is 4.98 Å². The standard InChI is InChI=1S/C18H24N2O3S/c1-12(2)10-16-20-13(3)17(24-16)18(22)19-11-14-6-4-5-7-15(14)23-9-8-21/h4-7,12,21H,8-11H2,1-3H3,(H,19,22). The monoisotopic (exact) mass is 348 g/mol. The molecule has 1 heterocycles. The minimum absolute atomic E-state index is 0.0423. The molecule has 0 aliphatic heterocycles. The molecule has 0 radical (unpaired) electrons. The molecule has 0 spiro atoms. The van der Waals surface area contributed by atoms with Crippen molar-refractivity contribution in [1.29, 1.82) is 0 Å². The van der Waals surface area contributed by atoms with Crippen LogP contribution in [0, 0.1) is 12.8 Å². The van der Waals surface area contributed by atoms with E-state index in [4.69, 9.17) is 9.84 Å². The van der Waals surface area contributed by atoms with Crippen LogP contribution in [0.5, 0.6) is 5.75 Å². The van der Waals surface area contributed by atoms with Crippen LogP contribution in [0.4, 0.5) is 0 Å². The fraction of sp³-hybridized carbons (Fsp3) is 0.444. The summed E-state index contributed by atoms with van der Waals surface area (Å²) in [6.45, 7) is 6.71. The molecule has 6 heteroatoms. The first-order valence-electron chi connectivity index (χ1n) is 8.07. The summed E-state index contributed by atoms with van der Waals surface area (Å²) in [7, 11) is 0. The third kappa shape index (κ3) is 5.04. The lowest BCUT2D eigenvalue weighted by Crippen LogP contribution is -2.23. The molecule has 0 atom stereocenters. The molecular formula is C18H24N2O3S. The largest absolute Gasteiger partial charge is 0.491 e. The summed E-state index contributed by atoms with van der Waals surface area (Å²) in [5, 5.41) is 12.8. The second-order valence-electron chi connectivity index (χ2n) is 5.98. The molecule has 0 saturated carbocycles. The number of aryl methyl sites for hydroxylation is 1. The number of carbonyl (C=O) groups is 1. The van der Waals surface area contributed by atoms with Gasteiger partial charge in [0, 0.05) is 18.5 Å². The average Bonchev–Trinajstić information content (AvgIpc) is 2.91. The van der Waals surface area contributed by atoms with Gasteiger partial charge in [-0.05, 0) is 18.9 Å². The highest BCUT2D eigenvalue weighted by Crippen LogP contribution is 2.22. The van der Waals surface area contributed by atoms with Crippen molar-refractivity contribution in [3.05, 3.63) is 45.4 Å². The predicted molar refractivity (Wildman–Crippen MR) is 95.6 cm³/mol. The number of amides is 1. The van der Waals surface area contributed by atoms with Gasteiger partial charge in [0.2, 0.25) is 0 Å². The Hall–Kier alpha value is -1.92. The van der Waals surface area contributed by atoms with E-state index >= 15 is 0 Å². The van der Waals surface area contributed by atoms with Gasteiger partial charge in [0.25, 0.3) is 5.91 Å². The summed E-state index contributed by atoms with van der Waals surface area (Å²) in [6, 6.07) is 7.49. The number of benzene rings is 1. The van der Waals surface area contributed by atoms with Gasteiger partial charge in [0.05, 0.1) is 17.3 Å².